The van der Waals surface area contributed by atoms with E-state index < -0.39 is 0 Å². The van der Waals surface area contributed by atoms with Gasteiger partial charge in [0.1, 0.15) is 0 Å². The number of hydrogen-bond acceptors (Lipinski definition) is 2. The summed E-state index contributed by atoms with van der Waals surface area (Å²) in [6.07, 6.45) is 3.67. The SMILES string of the molecule is c1ccc2c(c1)CCC(N1CCNCc3ccccc31)C2. The Morgan fingerprint density at radius 3 is 2.57 bits per heavy atom. The molecule has 4 rings (SSSR count). The Kier molecular flexibility index (Phi) is 3.40. The smallest absolute Gasteiger partial charge is 0.0414 e. The molecule has 0 spiro atoms. The summed E-state index contributed by atoms with van der Waals surface area (Å²) in [4.78, 5) is 2.64. The average Bonchev–Trinajstić information content (AvgIpc) is 2.77. The van der Waals surface area contributed by atoms with E-state index in [9.17, 15) is 0 Å². The zero-order valence-corrected chi connectivity index (χ0v) is 12.4. The van der Waals surface area contributed by atoms with Gasteiger partial charge in [-0.05, 0) is 42.0 Å². The summed E-state index contributed by atoms with van der Waals surface area (Å²) >= 11 is 0. The molecule has 1 atom stereocenters. The van der Waals surface area contributed by atoms with Crippen molar-refractivity contribution in [2.24, 2.45) is 0 Å². The molecule has 0 amide bonds. The van der Waals surface area contributed by atoms with Crippen molar-refractivity contribution in [2.45, 2.75) is 31.8 Å². The highest BCUT2D eigenvalue weighted by Gasteiger charge is 2.26. The van der Waals surface area contributed by atoms with Crippen LogP contribution in [0.15, 0.2) is 48.5 Å². The van der Waals surface area contributed by atoms with Crippen LogP contribution in [-0.4, -0.2) is 19.1 Å². The van der Waals surface area contributed by atoms with Crippen molar-refractivity contribution in [3.63, 3.8) is 0 Å². The zero-order valence-electron chi connectivity index (χ0n) is 12.4. The first-order chi connectivity index (χ1) is 10.4. The Bertz CT molecular complexity index is 635. The first-order valence-corrected chi connectivity index (χ1v) is 8.04. The molecule has 2 aromatic carbocycles. The average molecular weight is 278 g/mol. The second kappa shape index (κ2) is 5.53. The van der Waals surface area contributed by atoms with Crippen molar-refractivity contribution >= 4 is 5.69 Å². The molecular formula is C19H22N2. The van der Waals surface area contributed by atoms with E-state index in [1.807, 2.05) is 0 Å². The Balaban J connectivity index is 1.65. The lowest BCUT2D eigenvalue weighted by Crippen LogP contribution is -2.41. The van der Waals surface area contributed by atoms with E-state index in [0.29, 0.717) is 6.04 Å². The van der Waals surface area contributed by atoms with Gasteiger partial charge < -0.3 is 10.2 Å². The van der Waals surface area contributed by atoms with E-state index in [4.69, 9.17) is 0 Å². The Hall–Kier alpha value is -1.80. The molecule has 1 aliphatic heterocycles. The monoisotopic (exact) mass is 278 g/mol. The van der Waals surface area contributed by atoms with Crippen LogP contribution in [0.3, 0.4) is 0 Å². The predicted octanol–water partition coefficient (Wildman–Crippen LogP) is 3.15. The standard InChI is InChI=1S/C19H22N2/c1-2-6-16-13-18(10-9-15(16)5-1)21-12-11-20-14-17-7-3-4-8-19(17)21/h1-8,18,20H,9-14H2. The quantitative estimate of drug-likeness (QED) is 0.862. The fourth-order valence-corrected chi connectivity index (χ4v) is 3.81. The van der Waals surface area contributed by atoms with Gasteiger partial charge in [0, 0.05) is 31.4 Å². The third-order valence-electron chi connectivity index (χ3n) is 4.91. The second-order valence-electron chi connectivity index (χ2n) is 6.16. The first-order valence-electron chi connectivity index (χ1n) is 8.04. The Morgan fingerprint density at radius 2 is 1.67 bits per heavy atom. The Morgan fingerprint density at radius 1 is 0.905 bits per heavy atom. The maximum Gasteiger partial charge on any atom is 0.0414 e. The van der Waals surface area contributed by atoms with Crippen molar-refractivity contribution < 1.29 is 0 Å². The molecule has 2 aromatic rings. The fourth-order valence-electron chi connectivity index (χ4n) is 3.81. The number of aryl methyl sites for hydroxylation is 1. The first kappa shape index (κ1) is 12.9. The van der Waals surface area contributed by atoms with Gasteiger partial charge in [0.25, 0.3) is 0 Å². The van der Waals surface area contributed by atoms with Crippen molar-refractivity contribution in [3.8, 4) is 0 Å². The maximum absolute atomic E-state index is 3.55. The number of nitrogens with one attached hydrogen (secondary N) is 1. The molecule has 1 heterocycles. The molecule has 2 heteroatoms. The lowest BCUT2D eigenvalue weighted by Gasteiger charge is -2.37. The van der Waals surface area contributed by atoms with Gasteiger partial charge in [0.05, 0.1) is 0 Å². The van der Waals surface area contributed by atoms with E-state index in [1.165, 1.54) is 30.5 Å². The third-order valence-corrected chi connectivity index (χ3v) is 4.91. The molecule has 0 aromatic heterocycles. The minimum absolute atomic E-state index is 0.640. The van der Waals surface area contributed by atoms with Crippen LogP contribution in [0.5, 0.6) is 0 Å². The minimum atomic E-state index is 0.640. The maximum atomic E-state index is 3.55. The lowest BCUT2D eigenvalue weighted by molar-refractivity contribution is 0.519. The number of fused-ring (bicyclic) bond motifs is 2. The van der Waals surface area contributed by atoms with Gasteiger partial charge in [-0.3, -0.25) is 0 Å². The molecule has 0 fully saturated rings. The van der Waals surface area contributed by atoms with Crippen LogP contribution >= 0.6 is 0 Å². The molecule has 108 valence electrons. The molecule has 0 saturated heterocycles. The van der Waals surface area contributed by atoms with Crippen molar-refractivity contribution in [3.05, 3.63) is 65.2 Å². The molecular weight excluding hydrogens is 256 g/mol. The Labute approximate surface area is 126 Å². The zero-order chi connectivity index (χ0) is 14.1. The molecule has 1 unspecified atom stereocenters. The summed E-state index contributed by atoms with van der Waals surface area (Å²) < 4.78 is 0. The largest absolute Gasteiger partial charge is 0.367 e. The van der Waals surface area contributed by atoms with E-state index >= 15 is 0 Å². The summed E-state index contributed by atoms with van der Waals surface area (Å²) in [5.41, 5.74) is 5.97. The lowest BCUT2D eigenvalue weighted by atomic mass is 9.87. The highest BCUT2D eigenvalue weighted by molar-refractivity contribution is 5.56. The van der Waals surface area contributed by atoms with Crippen molar-refractivity contribution in [2.75, 3.05) is 18.0 Å². The summed E-state index contributed by atoms with van der Waals surface area (Å²) in [6.45, 7) is 3.19. The fraction of sp³-hybridized carbons (Fsp3) is 0.368. The number of hydrogen-bond donors (Lipinski definition) is 1. The molecule has 0 bridgehead atoms. The summed E-state index contributed by atoms with van der Waals surface area (Å²) in [6, 6.07) is 18.5. The minimum Gasteiger partial charge on any atom is -0.367 e. The number of para-hydroxylation sites is 1. The molecule has 0 radical (unpaired) electrons. The molecule has 2 aliphatic rings. The second-order valence-corrected chi connectivity index (χ2v) is 6.16. The van der Waals surface area contributed by atoms with Crippen LogP contribution in [0.4, 0.5) is 5.69 Å². The number of nitrogens with zero attached hydrogens (tertiary/aromatic N) is 1. The highest BCUT2D eigenvalue weighted by atomic mass is 15.2. The van der Waals surface area contributed by atoms with Crippen molar-refractivity contribution in [1.29, 1.82) is 0 Å². The number of benzene rings is 2. The molecule has 1 N–H and O–H groups in total. The number of anilines is 1. The van der Waals surface area contributed by atoms with Gasteiger partial charge in [0.2, 0.25) is 0 Å². The third kappa shape index (κ3) is 2.44. The summed E-state index contributed by atoms with van der Waals surface area (Å²) in [5, 5.41) is 3.55. The van der Waals surface area contributed by atoms with Gasteiger partial charge >= 0.3 is 0 Å². The molecule has 2 nitrogen and oxygen atoms in total. The van der Waals surface area contributed by atoms with Gasteiger partial charge in [-0.2, -0.15) is 0 Å². The van der Waals surface area contributed by atoms with Crippen LogP contribution in [0, 0.1) is 0 Å². The van der Waals surface area contributed by atoms with Crippen LogP contribution in [-0.2, 0) is 19.4 Å². The van der Waals surface area contributed by atoms with Crippen LogP contribution in [0.2, 0.25) is 0 Å². The van der Waals surface area contributed by atoms with E-state index in [0.717, 1.165) is 19.6 Å². The predicted molar refractivity (Wildman–Crippen MR) is 87.7 cm³/mol. The van der Waals surface area contributed by atoms with E-state index in [1.54, 1.807) is 11.1 Å². The van der Waals surface area contributed by atoms with Crippen LogP contribution < -0.4 is 10.2 Å². The van der Waals surface area contributed by atoms with Crippen LogP contribution in [0.25, 0.3) is 0 Å². The van der Waals surface area contributed by atoms with E-state index in [-0.39, 0.29) is 0 Å². The van der Waals surface area contributed by atoms with Crippen molar-refractivity contribution in [1.82, 2.24) is 5.32 Å². The summed E-state index contributed by atoms with van der Waals surface area (Å²) in [7, 11) is 0. The highest BCUT2D eigenvalue weighted by Crippen LogP contribution is 2.30. The topological polar surface area (TPSA) is 15.3 Å². The van der Waals surface area contributed by atoms with Gasteiger partial charge in [-0.1, -0.05) is 42.5 Å². The molecule has 21 heavy (non-hydrogen) atoms. The van der Waals surface area contributed by atoms with E-state index in [2.05, 4.69) is 58.7 Å². The van der Waals surface area contributed by atoms with Crippen LogP contribution in [0.1, 0.15) is 23.1 Å². The summed E-state index contributed by atoms with van der Waals surface area (Å²) in [5.74, 6) is 0. The molecule has 0 saturated carbocycles. The van der Waals surface area contributed by atoms with Gasteiger partial charge in [0.15, 0.2) is 0 Å². The molecule has 1 aliphatic carbocycles. The van der Waals surface area contributed by atoms with Gasteiger partial charge in [-0.25, -0.2) is 0 Å². The van der Waals surface area contributed by atoms with Gasteiger partial charge in [-0.15, -0.1) is 0 Å². The number of rotatable bonds is 1. The normalized spacial score (nSPS) is 21.3.